The van der Waals surface area contributed by atoms with Crippen LogP contribution in [0.15, 0.2) is 24.3 Å². The van der Waals surface area contributed by atoms with Crippen LogP contribution in [0.1, 0.15) is 24.4 Å². The molecule has 2 saturated heterocycles. The Labute approximate surface area is 102 Å². The van der Waals surface area contributed by atoms with Crippen LogP contribution in [0.3, 0.4) is 0 Å². The number of rotatable bonds is 1. The first-order chi connectivity index (χ1) is 8.21. The molecule has 0 radical (unpaired) electrons. The molecule has 17 heavy (non-hydrogen) atoms. The van der Waals surface area contributed by atoms with Crippen molar-refractivity contribution in [2.75, 3.05) is 26.7 Å². The third kappa shape index (κ3) is 1.74. The van der Waals surface area contributed by atoms with Gasteiger partial charge >= 0.3 is 0 Å². The van der Waals surface area contributed by atoms with Gasteiger partial charge in [0.15, 0.2) is 0 Å². The molecule has 92 valence electrons. The van der Waals surface area contributed by atoms with E-state index in [0.29, 0.717) is 17.2 Å². The first-order valence-corrected chi connectivity index (χ1v) is 6.41. The number of nitrogens with zero attached hydrogens (tertiary/aromatic N) is 1. The van der Waals surface area contributed by atoms with E-state index in [2.05, 4.69) is 29.4 Å². The molecule has 3 rings (SSSR count). The second kappa shape index (κ2) is 4.00. The molecule has 0 aliphatic carbocycles. The van der Waals surface area contributed by atoms with Crippen molar-refractivity contribution in [3.8, 4) is 5.75 Å². The van der Waals surface area contributed by atoms with Gasteiger partial charge in [-0.15, -0.1) is 0 Å². The summed E-state index contributed by atoms with van der Waals surface area (Å²) < 4.78 is 0. The number of benzene rings is 1. The highest BCUT2D eigenvalue weighted by atomic mass is 16.3. The molecule has 0 aromatic heterocycles. The van der Waals surface area contributed by atoms with E-state index in [4.69, 9.17) is 0 Å². The second-order valence-corrected chi connectivity index (χ2v) is 5.52. The number of aromatic hydroxyl groups is 1. The van der Waals surface area contributed by atoms with Gasteiger partial charge in [0, 0.05) is 18.0 Å². The van der Waals surface area contributed by atoms with Crippen LogP contribution >= 0.6 is 0 Å². The molecule has 0 amide bonds. The van der Waals surface area contributed by atoms with Crippen molar-refractivity contribution >= 4 is 0 Å². The van der Waals surface area contributed by atoms with Crippen molar-refractivity contribution < 1.29 is 5.11 Å². The van der Waals surface area contributed by atoms with E-state index in [9.17, 15) is 5.11 Å². The Kier molecular flexibility index (Phi) is 2.60. The molecule has 2 aliphatic rings. The number of hydrogen-bond acceptors (Lipinski definition) is 3. The van der Waals surface area contributed by atoms with Crippen LogP contribution in [-0.4, -0.2) is 36.7 Å². The van der Waals surface area contributed by atoms with Gasteiger partial charge in [0.2, 0.25) is 0 Å². The van der Waals surface area contributed by atoms with Crippen molar-refractivity contribution in [2.24, 2.45) is 5.41 Å². The third-order valence-corrected chi connectivity index (χ3v) is 4.39. The Morgan fingerprint density at radius 1 is 1.24 bits per heavy atom. The number of nitrogens with one attached hydrogen (secondary N) is 1. The van der Waals surface area contributed by atoms with Crippen molar-refractivity contribution in [1.29, 1.82) is 0 Å². The minimum atomic E-state index is 0.357. The molecule has 2 heterocycles. The Morgan fingerprint density at radius 2 is 1.88 bits per heavy atom. The number of piperidine rings is 1. The molecular formula is C14H20N2O. The summed E-state index contributed by atoms with van der Waals surface area (Å²) in [6.45, 7) is 3.49. The van der Waals surface area contributed by atoms with Gasteiger partial charge in [-0.2, -0.15) is 0 Å². The van der Waals surface area contributed by atoms with Gasteiger partial charge < -0.3 is 10.4 Å². The van der Waals surface area contributed by atoms with Crippen LogP contribution in [0.25, 0.3) is 0 Å². The average Bonchev–Trinajstić information content (AvgIpc) is 2.33. The minimum absolute atomic E-state index is 0.357. The maximum Gasteiger partial charge on any atom is 0.115 e. The van der Waals surface area contributed by atoms with Crippen molar-refractivity contribution in [3.63, 3.8) is 0 Å². The third-order valence-electron chi connectivity index (χ3n) is 4.39. The van der Waals surface area contributed by atoms with Gasteiger partial charge in [-0.25, -0.2) is 0 Å². The van der Waals surface area contributed by atoms with Crippen molar-refractivity contribution in [3.05, 3.63) is 29.8 Å². The Hall–Kier alpha value is -1.06. The molecule has 1 unspecified atom stereocenters. The molecule has 1 aromatic rings. The van der Waals surface area contributed by atoms with E-state index in [1.54, 1.807) is 12.1 Å². The summed E-state index contributed by atoms with van der Waals surface area (Å²) in [6.07, 6.45) is 2.53. The van der Waals surface area contributed by atoms with Crippen molar-refractivity contribution in [1.82, 2.24) is 10.2 Å². The molecule has 3 heteroatoms. The van der Waals surface area contributed by atoms with Gasteiger partial charge in [0.25, 0.3) is 0 Å². The summed E-state index contributed by atoms with van der Waals surface area (Å²) in [7, 11) is 2.20. The summed E-state index contributed by atoms with van der Waals surface area (Å²) in [5, 5.41) is 12.8. The zero-order chi connectivity index (χ0) is 11.9. The second-order valence-electron chi connectivity index (χ2n) is 5.52. The number of phenolic OH excluding ortho intramolecular Hbond substituents is 1. The van der Waals surface area contributed by atoms with Gasteiger partial charge in [-0.1, -0.05) is 12.1 Å². The lowest BCUT2D eigenvalue weighted by Gasteiger charge is -2.58. The molecule has 0 saturated carbocycles. The van der Waals surface area contributed by atoms with Crippen LogP contribution in [0.5, 0.6) is 5.75 Å². The van der Waals surface area contributed by atoms with E-state index < -0.39 is 0 Å². The van der Waals surface area contributed by atoms with E-state index in [1.807, 2.05) is 0 Å². The van der Waals surface area contributed by atoms with Crippen LogP contribution in [0.4, 0.5) is 0 Å². The molecule has 2 fully saturated rings. The number of hydrogen-bond donors (Lipinski definition) is 2. The molecule has 3 nitrogen and oxygen atoms in total. The first-order valence-electron chi connectivity index (χ1n) is 6.41. The molecule has 0 bridgehead atoms. The predicted molar refractivity (Wildman–Crippen MR) is 68.0 cm³/mol. The molecular weight excluding hydrogens is 212 g/mol. The summed E-state index contributed by atoms with van der Waals surface area (Å²) in [5.41, 5.74) is 1.82. The lowest BCUT2D eigenvalue weighted by atomic mass is 9.64. The SMILES string of the molecule is CN1CC2(CCNCC2)C1c1ccc(O)cc1. The molecule has 1 spiro atoms. The predicted octanol–water partition coefficient (Wildman–Crippen LogP) is 1.75. The van der Waals surface area contributed by atoms with Gasteiger partial charge in [0.05, 0.1) is 0 Å². The number of likely N-dealkylation sites (tertiary alicyclic amines) is 1. The Bertz CT molecular complexity index is 390. The fourth-order valence-corrected chi connectivity index (χ4v) is 3.65. The number of phenols is 1. The summed E-state index contributed by atoms with van der Waals surface area (Å²) >= 11 is 0. The van der Waals surface area contributed by atoms with E-state index in [1.165, 1.54) is 24.9 Å². The van der Waals surface area contributed by atoms with Crippen LogP contribution < -0.4 is 5.32 Å². The van der Waals surface area contributed by atoms with E-state index in [0.717, 1.165) is 13.1 Å². The highest BCUT2D eigenvalue weighted by Gasteiger charge is 2.51. The van der Waals surface area contributed by atoms with E-state index >= 15 is 0 Å². The highest BCUT2D eigenvalue weighted by molar-refractivity contribution is 5.31. The first kappa shape index (κ1) is 11.1. The molecule has 1 atom stereocenters. The smallest absolute Gasteiger partial charge is 0.115 e. The summed E-state index contributed by atoms with van der Waals surface area (Å²) in [4.78, 5) is 2.43. The average molecular weight is 232 g/mol. The monoisotopic (exact) mass is 232 g/mol. The Balaban J connectivity index is 1.87. The fourth-order valence-electron chi connectivity index (χ4n) is 3.65. The zero-order valence-corrected chi connectivity index (χ0v) is 10.3. The standard InChI is InChI=1S/C14H20N2O/c1-16-10-14(6-8-15-9-7-14)13(16)11-2-4-12(17)5-3-11/h2-5,13,15,17H,6-10H2,1H3. The lowest BCUT2D eigenvalue weighted by Crippen LogP contribution is -2.60. The summed E-state index contributed by atoms with van der Waals surface area (Å²) in [6, 6.07) is 8.27. The summed E-state index contributed by atoms with van der Waals surface area (Å²) in [5.74, 6) is 0.357. The quantitative estimate of drug-likeness (QED) is 0.774. The molecule has 2 aliphatic heterocycles. The van der Waals surface area contributed by atoms with Crippen LogP contribution in [0.2, 0.25) is 0 Å². The largest absolute Gasteiger partial charge is 0.508 e. The van der Waals surface area contributed by atoms with Gasteiger partial charge in [-0.3, -0.25) is 4.90 Å². The van der Waals surface area contributed by atoms with Gasteiger partial charge in [0.1, 0.15) is 5.75 Å². The normalized spacial score (nSPS) is 27.9. The van der Waals surface area contributed by atoms with Crippen molar-refractivity contribution in [2.45, 2.75) is 18.9 Å². The molecule has 1 aromatic carbocycles. The van der Waals surface area contributed by atoms with Gasteiger partial charge in [-0.05, 0) is 50.7 Å². The maximum atomic E-state index is 9.37. The Morgan fingerprint density at radius 3 is 2.47 bits per heavy atom. The van der Waals surface area contributed by atoms with Crippen LogP contribution in [0, 0.1) is 5.41 Å². The molecule has 2 N–H and O–H groups in total. The highest BCUT2D eigenvalue weighted by Crippen LogP contribution is 2.53. The lowest BCUT2D eigenvalue weighted by molar-refractivity contribution is -0.0795. The topological polar surface area (TPSA) is 35.5 Å². The van der Waals surface area contributed by atoms with Crippen LogP contribution in [-0.2, 0) is 0 Å². The zero-order valence-electron chi connectivity index (χ0n) is 10.3. The maximum absolute atomic E-state index is 9.37. The fraction of sp³-hybridized carbons (Fsp3) is 0.571. The minimum Gasteiger partial charge on any atom is -0.508 e. The van der Waals surface area contributed by atoms with E-state index in [-0.39, 0.29) is 0 Å².